The lowest BCUT2D eigenvalue weighted by atomic mass is 10.2. The second-order valence-corrected chi connectivity index (χ2v) is 8.88. The van der Waals surface area contributed by atoms with Crippen LogP contribution in [0.4, 0.5) is 5.69 Å². The molecule has 0 aliphatic carbocycles. The molecule has 3 aromatic rings. The van der Waals surface area contributed by atoms with Crippen LogP contribution >= 0.6 is 23.1 Å². The molecule has 1 aromatic carbocycles. The highest BCUT2D eigenvalue weighted by atomic mass is 32.2. The van der Waals surface area contributed by atoms with Crippen molar-refractivity contribution in [3.63, 3.8) is 0 Å². The molecule has 2 aromatic heterocycles. The van der Waals surface area contributed by atoms with Crippen LogP contribution < -0.4 is 15.6 Å². The minimum atomic E-state index is -0.154. The van der Waals surface area contributed by atoms with Crippen molar-refractivity contribution in [2.24, 2.45) is 0 Å². The monoisotopic (exact) mass is 431 g/mol. The molecule has 6 nitrogen and oxygen atoms in total. The Morgan fingerprint density at radius 3 is 2.86 bits per heavy atom. The van der Waals surface area contributed by atoms with Gasteiger partial charge in [0.2, 0.25) is 5.91 Å². The SMILES string of the molecule is CCCCn1c(SCC(=O)Nc2cccc(OC)c2)nc2sc(C)c(C)c2c1=O. The average Bonchev–Trinajstić information content (AvgIpc) is 2.99. The molecule has 0 bridgehead atoms. The van der Waals surface area contributed by atoms with Crippen LogP contribution in [-0.4, -0.2) is 28.3 Å². The number of nitrogens with zero attached hydrogens (tertiary/aromatic N) is 2. The van der Waals surface area contributed by atoms with E-state index in [1.807, 2.05) is 32.0 Å². The third-order valence-corrected chi connectivity index (χ3v) is 6.75. The van der Waals surface area contributed by atoms with Crippen molar-refractivity contribution >= 4 is 44.9 Å². The minimum Gasteiger partial charge on any atom is -0.497 e. The lowest BCUT2D eigenvalue weighted by molar-refractivity contribution is -0.113. The van der Waals surface area contributed by atoms with Gasteiger partial charge in [0.25, 0.3) is 5.56 Å². The van der Waals surface area contributed by atoms with Crippen molar-refractivity contribution in [3.05, 3.63) is 45.1 Å². The zero-order valence-electron chi connectivity index (χ0n) is 17.1. The van der Waals surface area contributed by atoms with Gasteiger partial charge in [-0.1, -0.05) is 31.2 Å². The maximum atomic E-state index is 13.1. The Bertz CT molecular complexity index is 1090. The van der Waals surface area contributed by atoms with E-state index in [9.17, 15) is 9.59 Å². The Labute approximate surface area is 178 Å². The molecule has 8 heteroatoms. The summed E-state index contributed by atoms with van der Waals surface area (Å²) in [4.78, 5) is 32.1. The van der Waals surface area contributed by atoms with Crippen molar-refractivity contribution < 1.29 is 9.53 Å². The Balaban J connectivity index is 1.82. The van der Waals surface area contributed by atoms with Crippen LogP contribution in [0.2, 0.25) is 0 Å². The Morgan fingerprint density at radius 2 is 2.14 bits per heavy atom. The fourth-order valence-electron chi connectivity index (χ4n) is 2.96. The van der Waals surface area contributed by atoms with Crippen LogP contribution in [0.3, 0.4) is 0 Å². The van der Waals surface area contributed by atoms with Gasteiger partial charge in [-0.2, -0.15) is 0 Å². The third-order valence-electron chi connectivity index (χ3n) is 4.67. The number of amides is 1. The van der Waals surface area contributed by atoms with E-state index in [1.165, 1.54) is 23.1 Å². The maximum absolute atomic E-state index is 13.1. The first-order valence-corrected chi connectivity index (χ1v) is 11.3. The summed E-state index contributed by atoms with van der Waals surface area (Å²) in [6, 6.07) is 7.22. The summed E-state index contributed by atoms with van der Waals surface area (Å²) in [6.07, 6.45) is 1.87. The number of unbranched alkanes of at least 4 members (excludes halogenated alkanes) is 1. The zero-order valence-corrected chi connectivity index (χ0v) is 18.7. The number of anilines is 1. The van der Waals surface area contributed by atoms with E-state index >= 15 is 0 Å². The molecular weight excluding hydrogens is 406 g/mol. The number of rotatable bonds is 8. The number of aryl methyl sites for hydroxylation is 2. The molecule has 1 amide bonds. The van der Waals surface area contributed by atoms with Crippen LogP contribution in [0, 0.1) is 13.8 Å². The highest BCUT2D eigenvalue weighted by Crippen LogP contribution is 2.28. The number of fused-ring (bicyclic) bond motifs is 1. The first-order chi connectivity index (χ1) is 13.9. The number of hydrogen-bond donors (Lipinski definition) is 1. The molecule has 2 heterocycles. The summed E-state index contributed by atoms with van der Waals surface area (Å²) < 4.78 is 6.90. The molecule has 1 N–H and O–H groups in total. The van der Waals surface area contributed by atoms with Crippen molar-refractivity contribution in [2.45, 2.75) is 45.3 Å². The van der Waals surface area contributed by atoms with E-state index in [0.29, 0.717) is 28.5 Å². The number of thiophene rings is 1. The van der Waals surface area contributed by atoms with E-state index in [4.69, 9.17) is 9.72 Å². The number of hydrogen-bond acceptors (Lipinski definition) is 6. The summed E-state index contributed by atoms with van der Waals surface area (Å²) in [5.74, 6) is 0.697. The number of carbonyl (C=O) groups is 1. The van der Waals surface area contributed by atoms with E-state index in [1.54, 1.807) is 17.7 Å². The summed E-state index contributed by atoms with van der Waals surface area (Å²) in [5, 5.41) is 4.16. The van der Waals surface area contributed by atoms with Gasteiger partial charge in [0.05, 0.1) is 18.2 Å². The number of aromatic nitrogens is 2. The standard InChI is InChI=1S/C21H25N3O3S2/c1-5-6-10-24-20(26)18-13(2)14(3)29-19(18)23-21(24)28-12-17(25)22-15-8-7-9-16(11-15)27-4/h7-9,11H,5-6,10,12H2,1-4H3,(H,22,25). The van der Waals surface area contributed by atoms with Gasteiger partial charge in [0.1, 0.15) is 10.6 Å². The molecular formula is C21H25N3O3S2. The largest absolute Gasteiger partial charge is 0.497 e. The molecule has 3 rings (SSSR count). The molecule has 29 heavy (non-hydrogen) atoms. The third kappa shape index (κ3) is 4.82. The van der Waals surface area contributed by atoms with Gasteiger partial charge < -0.3 is 10.1 Å². The van der Waals surface area contributed by atoms with Crippen molar-refractivity contribution in [2.75, 3.05) is 18.2 Å². The van der Waals surface area contributed by atoms with Gasteiger partial charge >= 0.3 is 0 Å². The summed E-state index contributed by atoms with van der Waals surface area (Å²) in [5.41, 5.74) is 1.66. The van der Waals surface area contributed by atoms with Crippen molar-refractivity contribution in [3.8, 4) is 5.75 Å². The second-order valence-electron chi connectivity index (χ2n) is 6.74. The number of thioether (sulfide) groups is 1. The van der Waals surface area contributed by atoms with Crippen LogP contribution in [0.15, 0.2) is 34.2 Å². The van der Waals surface area contributed by atoms with E-state index in [0.717, 1.165) is 28.1 Å². The Morgan fingerprint density at radius 1 is 1.34 bits per heavy atom. The van der Waals surface area contributed by atoms with E-state index < -0.39 is 0 Å². The molecule has 0 aliphatic rings. The fourth-order valence-corrected chi connectivity index (χ4v) is 4.86. The molecule has 0 aliphatic heterocycles. The molecule has 154 valence electrons. The molecule has 0 saturated carbocycles. The quantitative estimate of drug-likeness (QED) is 0.416. The fraction of sp³-hybridized carbons (Fsp3) is 0.381. The molecule has 0 atom stereocenters. The molecule has 0 unspecified atom stereocenters. The second kappa shape index (κ2) is 9.45. The van der Waals surface area contributed by atoms with Gasteiger partial charge in [-0.15, -0.1) is 11.3 Å². The first-order valence-electron chi connectivity index (χ1n) is 9.51. The van der Waals surface area contributed by atoms with E-state index in [2.05, 4.69) is 12.2 Å². The zero-order chi connectivity index (χ0) is 21.0. The molecule has 0 saturated heterocycles. The lowest BCUT2D eigenvalue weighted by Gasteiger charge is -2.12. The summed E-state index contributed by atoms with van der Waals surface area (Å²) in [6.45, 7) is 6.67. The van der Waals surface area contributed by atoms with Crippen LogP contribution in [0.1, 0.15) is 30.2 Å². The minimum absolute atomic E-state index is 0.0130. The number of carbonyl (C=O) groups excluding carboxylic acids is 1. The van der Waals surface area contributed by atoms with Gasteiger partial charge in [0.15, 0.2) is 5.16 Å². The number of benzene rings is 1. The maximum Gasteiger partial charge on any atom is 0.263 e. The smallest absolute Gasteiger partial charge is 0.263 e. The number of nitrogens with one attached hydrogen (secondary N) is 1. The van der Waals surface area contributed by atoms with Gasteiger partial charge in [-0.25, -0.2) is 4.98 Å². The molecule has 0 fully saturated rings. The predicted octanol–water partition coefficient (Wildman–Crippen LogP) is 4.61. The Kier molecular flexibility index (Phi) is 6.97. The van der Waals surface area contributed by atoms with Crippen molar-refractivity contribution in [1.82, 2.24) is 9.55 Å². The van der Waals surface area contributed by atoms with E-state index in [-0.39, 0.29) is 17.2 Å². The van der Waals surface area contributed by atoms with Crippen LogP contribution in [0.25, 0.3) is 10.2 Å². The highest BCUT2D eigenvalue weighted by molar-refractivity contribution is 7.99. The van der Waals surface area contributed by atoms with Crippen LogP contribution in [-0.2, 0) is 11.3 Å². The number of ether oxygens (including phenoxy) is 1. The molecule has 0 spiro atoms. The summed E-state index contributed by atoms with van der Waals surface area (Å²) in [7, 11) is 1.59. The first kappa shape index (κ1) is 21.4. The highest BCUT2D eigenvalue weighted by Gasteiger charge is 2.17. The predicted molar refractivity (Wildman–Crippen MR) is 121 cm³/mol. The summed E-state index contributed by atoms with van der Waals surface area (Å²) >= 11 is 2.82. The van der Waals surface area contributed by atoms with Gasteiger partial charge in [-0.3, -0.25) is 14.2 Å². The van der Waals surface area contributed by atoms with Crippen molar-refractivity contribution in [1.29, 1.82) is 0 Å². The lowest BCUT2D eigenvalue weighted by Crippen LogP contribution is -2.24. The average molecular weight is 432 g/mol. The molecule has 0 radical (unpaired) electrons. The van der Waals surface area contributed by atoms with Gasteiger partial charge in [0, 0.05) is 23.2 Å². The van der Waals surface area contributed by atoms with Gasteiger partial charge in [-0.05, 0) is 38.0 Å². The van der Waals surface area contributed by atoms with Crippen LogP contribution in [0.5, 0.6) is 5.75 Å². The topological polar surface area (TPSA) is 73.2 Å². The number of methoxy groups -OCH3 is 1. The Hall–Kier alpha value is -2.32. The normalized spacial score (nSPS) is 11.0.